The molecule has 1 N–H and O–H groups in total. The molecule has 1 rings (SSSR count). The van der Waals surface area contributed by atoms with Crippen molar-refractivity contribution < 1.29 is 19.0 Å². The number of likely N-dealkylation sites (N-methyl/N-ethyl adjacent to an activating group) is 1. The van der Waals surface area contributed by atoms with Crippen LogP contribution < -0.4 is 0 Å². The van der Waals surface area contributed by atoms with Gasteiger partial charge >= 0.3 is 5.97 Å². The molecule has 1 aromatic carbocycles. The molecule has 0 bridgehead atoms. The molecular formula is C12H16FNO3. The van der Waals surface area contributed by atoms with Crippen molar-refractivity contribution in [1.29, 1.82) is 0 Å². The molecule has 0 saturated carbocycles. The Kier molecular flexibility index (Phi) is 5.06. The van der Waals surface area contributed by atoms with E-state index in [-0.39, 0.29) is 11.4 Å². The van der Waals surface area contributed by atoms with Crippen LogP contribution in [0.2, 0.25) is 0 Å². The minimum absolute atomic E-state index is 0.0986. The molecule has 1 aromatic rings. The number of rotatable bonds is 6. The van der Waals surface area contributed by atoms with Crippen LogP contribution in [0, 0.1) is 5.82 Å². The summed E-state index contributed by atoms with van der Waals surface area (Å²) in [6, 6.07) is 3.81. The maximum Gasteiger partial charge on any atom is 0.335 e. The minimum atomic E-state index is -1.05. The monoisotopic (exact) mass is 241 g/mol. The molecule has 17 heavy (non-hydrogen) atoms. The van der Waals surface area contributed by atoms with Crippen molar-refractivity contribution in [3.63, 3.8) is 0 Å². The van der Waals surface area contributed by atoms with Gasteiger partial charge in [0.1, 0.15) is 5.82 Å². The Morgan fingerprint density at radius 3 is 2.82 bits per heavy atom. The number of benzene rings is 1. The van der Waals surface area contributed by atoms with E-state index in [1.165, 1.54) is 18.2 Å². The molecule has 0 aliphatic carbocycles. The number of carboxylic acid groups (broad SMARTS) is 1. The first-order chi connectivity index (χ1) is 8.04. The highest BCUT2D eigenvalue weighted by Gasteiger charge is 2.10. The molecule has 0 radical (unpaired) electrons. The zero-order valence-corrected chi connectivity index (χ0v) is 9.94. The lowest BCUT2D eigenvalue weighted by Gasteiger charge is -2.16. The summed E-state index contributed by atoms with van der Waals surface area (Å²) in [5.41, 5.74) is 0.477. The smallest absolute Gasteiger partial charge is 0.335 e. The predicted molar refractivity (Wildman–Crippen MR) is 61.6 cm³/mol. The Hall–Kier alpha value is -1.46. The fourth-order valence-corrected chi connectivity index (χ4v) is 1.45. The van der Waals surface area contributed by atoms with Crippen LogP contribution in [-0.2, 0) is 11.3 Å². The maximum absolute atomic E-state index is 13.5. The molecule has 0 aliphatic rings. The topological polar surface area (TPSA) is 49.8 Å². The molecule has 0 fully saturated rings. The Morgan fingerprint density at radius 2 is 2.24 bits per heavy atom. The first-order valence-electron chi connectivity index (χ1n) is 5.23. The van der Waals surface area contributed by atoms with Crippen LogP contribution in [0.3, 0.4) is 0 Å². The van der Waals surface area contributed by atoms with Gasteiger partial charge in [-0.2, -0.15) is 0 Å². The van der Waals surface area contributed by atoms with Gasteiger partial charge in [0, 0.05) is 25.8 Å². The first-order valence-corrected chi connectivity index (χ1v) is 5.23. The van der Waals surface area contributed by atoms with E-state index in [4.69, 9.17) is 9.84 Å². The van der Waals surface area contributed by atoms with Gasteiger partial charge < -0.3 is 9.84 Å². The number of nitrogens with zero attached hydrogens (tertiary/aromatic N) is 1. The Labute approximate surface area is 99.6 Å². The van der Waals surface area contributed by atoms with E-state index in [1.807, 2.05) is 11.9 Å². The summed E-state index contributed by atoms with van der Waals surface area (Å²) in [6.07, 6.45) is 0. The Balaban J connectivity index is 2.75. The van der Waals surface area contributed by atoms with Crippen LogP contribution in [0.5, 0.6) is 0 Å². The molecule has 94 valence electrons. The number of hydrogen-bond donors (Lipinski definition) is 1. The lowest BCUT2D eigenvalue weighted by molar-refractivity contribution is 0.0696. The number of methoxy groups -OCH3 is 1. The summed E-state index contributed by atoms with van der Waals surface area (Å²) < 4.78 is 18.4. The summed E-state index contributed by atoms with van der Waals surface area (Å²) in [4.78, 5) is 12.6. The third-order valence-electron chi connectivity index (χ3n) is 2.41. The van der Waals surface area contributed by atoms with Crippen molar-refractivity contribution in [2.75, 3.05) is 27.3 Å². The van der Waals surface area contributed by atoms with Crippen LogP contribution in [0.1, 0.15) is 15.9 Å². The van der Waals surface area contributed by atoms with Crippen LogP contribution in [0.15, 0.2) is 18.2 Å². The van der Waals surface area contributed by atoms with Crippen molar-refractivity contribution in [1.82, 2.24) is 4.90 Å². The van der Waals surface area contributed by atoms with E-state index >= 15 is 0 Å². The van der Waals surface area contributed by atoms with Gasteiger partial charge in [0.05, 0.1) is 12.2 Å². The van der Waals surface area contributed by atoms with E-state index in [9.17, 15) is 9.18 Å². The summed E-state index contributed by atoms with van der Waals surface area (Å²) in [6.45, 7) is 1.57. The second kappa shape index (κ2) is 6.32. The van der Waals surface area contributed by atoms with Crippen molar-refractivity contribution >= 4 is 5.97 Å². The number of halogens is 1. The maximum atomic E-state index is 13.5. The van der Waals surface area contributed by atoms with Gasteiger partial charge in [-0.05, 0) is 25.2 Å². The van der Waals surface area contributed by atoms with E-state index < -0.39 is 5.97 Å². The summed E-state index contributed by atoms with van der Waals surface area (Å²) >= 11 is 0. The van der Waals surface area contributed by atoms with Crippen LogP contribution in [0.25, 0.3) is 0 Å². The molecule has 0 saturated heterocycles. The summed E-state index contributed by atoms with van der Waals surface area (Å²) in [5.74, 6) is -1.44. The predicted octanol–water partition coefficient (Wildman–Crippen LogP) is 1.60. The SMILES string of the molecule is COCCN(C)Cc1cc(C(=O)O)ccc1F. The first kappa shape index (κ1) is 13.6. The van der Waals surface area contributed by atoms with E-state index in [0.29, 0.717) is 25.3 Å². The number of ether oxygens (including phenoxy) is 1. The van der Waals surface area contributed by atoms with Gasteiger partial charge in [-0.25, -0.2) is 9.18 Å². The second-order valence-corrected chi connectivity index (χ2v) is 3.84. The lowest BCUT2D eigenvalue weighted by Crippen LogP contribution is -2.23. The molecule has 0 amide bonds. The highest BCUT2D eigenvalue weighted by Crippen LogP contribution is 2.12. The highest BCUT2D eigenvalue weighted by atomic mass is 19.1. The second-order valence-electron chi connectivity index (χ2n) is 3.84. The molecule has 4 nitrogen and oxygen atoms in total. The fraction of sp³-hybridized carbons (Fsp3) is 0.417. The average Bonchev–Trinajstić information content (AvgIpc) is 2.29. The summed E-state index contributed by atoms with van der Waals surface area (Å²) in [7, 11) is 3.42. The third-order valence-corrected chi connectivity index (χ3v) is 2.41. The Morgan fingerprint density at radius 1 is 1.53 bits per heavy atom. The van der Waals surface area contributed by atoms with Crippen molar-refractivity contribution in [3.05, 3.63) is 35.1 Å². The van der Waals surface area contributed by atoms with Crippen molar-refractivity contribution in [2.24, 2.45) is 0 Å². The minimum Gasteiger partial charge on any atom is -0.478 e. The van der Waals surface area contributed by atoms with E-state index in [1.54, 1.807) is 7.11 Å². The summed E-state index contributed by atoms with van der Waals surface area (Å²) in [5, 5.41) is 8.82. The number of carboxylic acids is 1. The molecule has 0 spiro atoms. The zero-order chi connectivity index (χ0) is 12.8. The van der Waals surface area contributed by atoms with Crippen LogP contribution in [-0.4, -0.2) is 43.3 Å². The van der Waals surface area contributed by atoms with Gasteiger partial charge in [0.25, 0.3) is 0 Å². The number of aromatic carboxylic acids is 1. The number of carbonyl (C=O) groups is 1. The highest BCUT2D eigenvalue weighted by molar-refractivity contribution is 5.87. The number of hydrogen-bond acceptors (Lipinski definition) is 3. The van der Waals surface area contributed by atoms with E-state index in [0.717, 1.165) is 0 Å². The van der Waals surface area contributed by atoms with Gasteiger partial charge in [0.2, 0.25) is 0 Å². The third kappa shape index (κ3) is 4.13. The van der Waals surface area contributed by atoms with Crippen molar-refractivity contribution in [2.45, 2.75) is 6.54 Å². The van der Waals surface area contributed by atoms with Gasteiger partial charge in [-0.3, -0.25) is 4.90 Å². The molecule has 0 atom stereocenters. The quantitative estimate of drug-likeness (QED) is 0.822. The lowest BCUT2D eigenvalue weighted by atomic mass is 10.1. The molecule has 0 heterocycles. The van der Waals surface area contributed by atoms with Gasteiger partial charge in [-0.1, -0.05) is 0 Å². The molecule has 5 heteroatoms. The molecule has 0 aliphatic heterocycles. The van der Waals surface area contributed by atoms with Crippen molar-refractivity contribution in [3.8, 4) is 0 Å². The average molecular weight is 241 g/mol. The molecule has 0 unspecified atom stereocenters. The normalized spacial score (nSPS) is 10.8. The Bertz CT molecular complexity index is 395. The standard InChI is InChI=1S/C12H16FNO3/c1-14(5-6-17-2)8-10-7-9(12(15)16)3-4-11(10)13/h3-4,7H,5-6,8H2,1-2H3,(H,15,16). The van der Waals surface area contributed by atoms with Crippen LogP contribution in [0.4, 0.5) is 4.39 Å². The van der Waals surface area contributed by atoms with Gasteiger partial charge in [-0.15, -0.1) is 0 Å². The van der Waals surface area contributed by atoms with E-state index in [2.05, 4.69) is 0 Å². The zero-order valence-electron chi connectivity index (χ0n) is 9.94. The molecule has 0 aromatic heterocycles. The van der Waals surface area contributed by atoms with Crippen LogP contribution >= 0.6 is 0 Å². The largest absolute Gasteiger partial charge is 0.478 e. The van der Waals surface area contributed by atoms with Gasteiger partial charge in [0.15, 0.2) is 0 Å². The molecular weight excluding hydrogens is 225 g/mol. The fourth-order valence-electron chi connectivity index (χ4n) is 1.45.